The molecule has 0 saturated carbocycles. The number of aromatic nitrogens is 3. The van der Waals surface area contributed by atoms with Gasteiger partial charge in [-0.05, 0) is 29.8 Å². The summed E-state index contributed by atoms with van der Waals surface area (Å²) in [5, 5.41) is 17.5. The van der Waals surface area contributed by atoms with Crippen LogP contribution in [-0.2, 0) is 6.61 Å². The summed E-state index contributed by atoms with van der Waals surface area (Å²) in [5.41, 5.74) is 7.04. The van der Waals surface area contributed by atoms with E-state index in [-0.39, 0.29) is 12.3 Å². The Bertz CT molecular complexity index is 877. The summed E-state index contributed by atoms with van der Waals surface area (Å²) < 4.78 is 10.7. The van der Waals surface area contributed by atoms with Crippen molar-refractivity contribution in [3.63, 3.8) is 0 Å². The molecule has 26 heavy (non-hydrogen) atoms. The van der Waals surface area contributed by atoms with Crippen molar-refractivity contribution in [2.45, 2.75) is 12.6 Å². The average Bonchev–Trinajstić information content (AvgIpc) is 3.15. The van der Waals surface area contributed by atoms with Crippen molar-refractivity contribution in [1.29, 1.82) is 0 Å². The van der Waals surface area contributed by atoms with Gasteiger partial charge in [0.05, 0.1) is 18.1 Å². The van der Waals surface area contributed by atoms with Crippen molar-refractivity contribution in [2.75, 3.05) is 7.11 Å². The molecular formula is C17H17N5O4. The number of benzene rings is 2. The van der Waals surface area contributed by atoms with Crippen molar-refractivity contribution >= 4 is 5.69 Å². The fraction of sp³-hybridized carbons (Fsp3) is 0.176. The predicted octanol–water partition coefficient (Wildman–Crippen LogP) is 2.35. The zero-order valence-electron chi connectivity index (χ0n) is 14.0. The van der Waals surface area contributed by atoms with Crippen LogP contribution in [0.3, 0.4) is 0 Å². The standard InChI is InChI=1S/C17H17N5O4/c1-25-13-6-2-11(3-7-13)16(18)17-19-15(20-21-17)10-26-14-8-4-12(5-9-14)22(23)24/h2-9,16H,10,18H2,1H3,(H,19,20,21). The van der Waals surface area contributed by atoms with Crippen molar-refractivity contribution < 1.29 is 14.4 Å². The van der Waals surface area contributed by atoms with E-state index in [2.05, 4.69) is 15.2 Å². The molecule has 1 unspecified atom stereocenters. The minimum atomic E-state index is -0.481. The van der Waals surface area contributed by atoms with Gasteiger partial charge in [-0.25, -0.2) is 4.98 Å². The summed E-state index contributed by atoms with van der Waals surface area (Å²) >= 11 is 0. The summed E-state index contributed by atoms with van der Waals surface area (Å²) in [4.78, 5) is 14.5. The van der Waals surface area contributed by atoms with Crippen molar-refractivity contribution in [3.05, 3.63) is 75.9 Å². The Morgan fingerprint density at radius 3 is 2.42 bits per heavy atom. The Balaban J connectivity index is 1.62. The van der Waals surface area contributed by atoms with Gasteiger partial charge >= 0.3 is 0 Å². The number of nitro benzene ring substituents is 1. The number of nitro groups is 1. The molecule has 1 aromatic heterocycles. The zero-order valence-corrected chi connectivity index (χ0v) is 14.0. The van der Waals surface area contributed by atoms with E-state index in [1.165, 1.54) is 24.3 Å². The molecule has 9 nitrogen and oxygen atoms in total. The third kappa shape index (κ3) is 3.95. The summed E-state index contributed by atoms with van der Waals surface area (Å²) in [6.45, 7) is 0.139. The van der Waals surface area contributed by atoms with Gasteiger partial charge in [0, 0.05) is 12.1 Å². The number of rotatable bonds is 7. The molecule has 0 fully saturated rings. The Morgan fingerprint density at radius 1 is 1.15 bits per heavy atom. The number of H-pyrrole nitrogens is 1. The van der Waals surface area contributed by atoms with E-state index in [1.54, 1.807) is 7.11 Å². The van der Waals surface area contributed by atoms with E-state index in [9.17, 15) is 10.1 Å². The molecule has 2 aromatic carbocycles. The van der Waals surface area contributed by atoms with Crippen molar-refractivity contribution in [3.8, 4) is 11.5 Å². The van der Waals surface area contributed by atoms with Crippen LogP contribution >= 0.6 is 0 Å². The summed E-state index contributed by atoms with van der Waals surface area (Å²) in [6, 6.07) is 12.7. The Hall–Kier alpha value is -3.46. The fourth-order valence-electron chi connectivity index (χ4n) is 2.29. The molecule has 1 atom stereocenters. The van der Waals surface area contributed by atoms with Crippen LogP contribution in [0.15, 0.2) is 48.5 Å². The van der Waals surface area contributed by atoms with E-state index in [0.717, 1.165) is 11.3 Å². The van der Waals surface area contributed by atoms with Gasteiger partial charge in [-0.1, -0.05) is 12.1 Å². The van der Waals surface area contributed by atoms with E-state index >= 15 is 0 Å². The monoisotopic (exact) mass is 355 g/mol. The number of nitrogens with one attached hydrogen (secondary N) is 1. The number of hydrogen-bond acceptors (Lipinski definition) is 7. The highest BCUT2D eigenvalue weighted by Gasteiger charge is 2.15. The molecule has 0 bridgehead atoms. The van der Waals surface area contributed by atoms with Gasteiger partial charge in [0.1, 0.15) is 18.1 Å². The normalized spacial score (nSPS) is 11.8. The van der Waals surface area contributed by atoms with Gasteiger partial charge < -0.3 is 15.2 Å². The maximum absolute atomic E-state index is 10.6. The van der Waals surface area contributed by atoms with Crippen molar-refractivity contribution in [2.24, 2.45) is 5.73 Å². The second kappa shape index (κ2) is 7.62. The minimum Gasteiger partial charge on any atom is -0.497 e. The number of hydrogen-bond donors (Lipinski definition) is 2. The number of nitrogens with two attached hydrogens (primary N) is 1. The first-order valence-electron chi connectivity index (χ1n) is 7.75. The number of ether oxygens (including phenoxy) is 2. The van der Waals surface area contributed by atoms with E-state index < -0.39 is 11.0 Å². The first kappa shape index (κ1) is 17.4. The molecule has 3 aromatic rings. The summed E-state index contributed by atoms with van der Waals surface area (Å²) in [6.07, 6.45) is 0. The van der Waals surface area contributed by atoms with Gasteiger partial charge in [0.25, 0.3) is 5.69 Å². The largest absolute Gasteiger partial charge is 0.497 e. The van der Waals surface area contributed by atoms with Crippen LogP contribution in [0.5, 0.6) is 11.5 Å². The van der Waals surface area contributed by atoms with Gasteiger partial charge in [-0.15, -0.1) is 0 Å². The SMILES string of the molecule is COc1ccc(C(N)c2n[nH]c(COc3ccc([N+](=O)[O-])cc3)n2)cc1. The highest BCUT2D eigenvalue weighted by molar-refractivity contribution is 5.36. The molecule has 0 radical (unpaired) electrons. The van der Waals surface area contributed by atoms with Crippen molar-refractivity contribution in [1.82, 2.24) is 15.2 Å². The molecule has 0 aliphatic rings. The van der Waals surface area contributed by atoms with Crippen LogP contribution in [0.25, 0.3) is 0 Å². The summed E-state index contributed by atoms with van der Waals surface area (Å²) in [5.74, 6) is 2.18. The lowest BCUT2D eigenvalue weighted by molar-refractivity contribution is -0.384. The van der Waals surface area contributed by atoms with Crippen LogP contribution in [-0.4, -0.2) is 27.2 Å². The highest BCUT2D eigenvalue weighted by atomic mass is 16.6. The second-order valence-electron chi connectivity index (χ2n) is 5.43. The van der Waals surface area contributed by atoms with E-state index in [0.29, 0.717) is 17.4 Å². The molecule has 0 aliphatic carbocycles. The van der Waals surface area contributed by atoms with Crippen LogP contribution in [0.2, 0.25) is 0 Å². The van der Waals surface area contributed by atoms with Crippen LogP contribution in [0.1, 0.15) is 23.3 Å². The molecule has 0 aliphatic heterocycles. The van der Waals surface area contributed by atoms with E-state index in [1.807, 2.05) is 24.3 Å². The molecule has 3 rings (SSSR count). The number of methoxy groups -OCH3 is 1. The lowest BCUT2D eigenvalue weighted by Gasteiger charge is -2.08. The van der Waals surface area contributed by atoms with Crippen LogP contribution < -0.4 is 15.2 Å². The third-order valence-corrected chi connectivity index (χ3v) is 3.73. The lowest BCUT2D eigenvalue weighted by Crippen LogP contribution is -2.13. The molecule has 0 spiro atoms. The van der Waals surface area contributed by atoms with E-state index in [4.69, 9.17) is 15.2 Å². The van der Waals surface area contributed by atoms with Crippen LogP contribution in [0.4, 0.5) is 5.69 Å². The topological polar surface area (TPSA) is 129 Å². The Kier molecular flexibility index (Phi) is 5.09. The molecule has 1 heterocycles. The second-order valence-corrected chi connectivity index (χ2v) is 5.43. The average molecular weight is 355 g/mol. The van der Waals surface area contributed by atoms with Gasteiger partial charge in [0.15, 0.2) is 11.6 Å². The quantitative estimate of drug-likeness (QED) is 0.491. The number of aromatic amines is 1. The smallest absolute Gasteiger partial charge is 0.269 e. The lowest BCUT2D eigenvalue weighted by atomic mass is 10.1. The number of non-ortho nitro benzene ring substituents is 1. The van der Waals surface area contributed by atoms with Gasteiger partial charge in [-0.2, -0.15) is 5.10 Å². The Labute approximate surface area is 148 Å². The summed E-state index contributed by atoms with van der Waals surface area (Å²) in [7, 11) is 1.60. The molecule has 0 saturated heterocycles. The zero-order chi connectivity index (χ0) is 18.5. The maximum atomic E-state index is 10.6. The third-order valence-electron chi connectivity index (χ3n) is 3.73. The molecular weight excluding hydrogens is 338 g/mol. The predicted molar refractivity (Wildman–Crippen MR) is 92.8 cm³/mol. The van der Waals surface area contributed by atoms with Crippen LogP contribution in [0, 0.1) is 10.1 Å². The minimum absolute atomic E-state index is 0.00441. The Morgan fingerprint density at radius 2 is 1.81 bits per heavy atom. The van der Waals surface area contributed by atoms with Gasteiger partial charge in [0.2, 0.25) is 0 Å². The molecule has 3 N–H and O–H groups in total. The first-order valence-corrected chi connectivity index (χ1v) is 7.75. The fourth-order valence-corrected chi connectivity index (χ4v) is 2.29. The molecule has 0 amide bonds. The first-order chi connectivity index (χ1) is 12.6. The molecule has 9 heteroatoms. The number of nitrogens with zero attached hydrogens (tertiary/aromatic N) is 3. The maximum Gasteiger partial charge on any atom is 0.269 e. The highest BCUT2D eigenvalue weighted by Crippen LogP contribution is 2.21. The van der Waals surface area contributed by atoms with Gasteiger partial charge in [-0.3, -0.25) is 15.2 Å². The molecule has 134 valence electrons.